The number of benzene rings is 1. The highest BCUT2D eigenvalue weighted by molar-refractivity contribution is 7.88. The first kappa shape index (κ1) is 16.7. The van der Waals surface area contributed by atoms with Gasteiger partial charge in [0.05, 0.1) is 11.2 Å². The lowest BCUT2D eigenvalue weighted by Gasteiger charge is -2.25. The number of halogens is 1. The van der Waals surface area contributed by atoms with Gasteiger partial charge in [0.2, 0.25) is 10.0 Å². The Hall–Kier alpha value is -1.38. The van der Waals surface area contributed by atoms with Crippen molar-refractivity contribution in [1.29, 1.82) is 0 Å². The number of nitro benzene ring substituents is 1. The van der Waals surface area contributed by atoms with Gasteiger partial charge in [-0.15, -0.1) is 0 Å². The van der Waals surface area contributed by atoms with E-state index in [1.54, 1.807) is 19.9 Å². The molecule has 0 aromatic heterocycles. The van der Waals surface area contributed by atoms with Gasteiger partial charge >= 0.3 is 5.69 Å². The molecule has 20 heavy (non-hydrogen) atoms. The Morgan fingerprint density at radius 3 is 2.50 bits per heavy atom. The molecule has 0 unspecified atom stereocenters. The predicted molar refractivity (Wildman–Crippen MR) is 78.7 cm³/mol. The summed E-state index contributed by atoms with van der Waals surface area (Å²) in [6.45, 7) is 3.50. The van der Waals surface area contributed by atoms with Gasteiger partial charge in [-0.3, -0.25) is 10.1 Å². The molecule has 0 saturated heterocycles. The van der Waals surface area contributed by atoms with Crippen molar-refractivity contribution in [3.05, 3.63) is 33.3 Å². The summed E-state index contributed by atoms with van der Waals surface area (Å²) < 4.78 is 24.9. The predicted octanol–water partition coefficient (Wildman–Crippen LogP) is 1.99. The highest BCUT2D eigenvalue weighted by Crippen LogP contribution is 2.32. The normalized spacial score (nSPS) is 12.2. The maximum Gasteiger partial charge on any atom is 0.310 e. The van der Waals surface area contributed by atoms with Crippen LogP contribution in [0.3, 0.4) is 0 Å². The Balaban J connectivity index is 2.91. The van der Waals surface area contributed by atoms with Crippen LogP contribution in [0.2, 0.25) is 5.02 Å². The standard InChI is InChI=1S/C11H16ClN3O4S/c1-11(2,14-20(3,18)19)7-13-9-6-4-5-8(12)10(9)15(16)17/h4-6,13-14H,7H2,1-3H3. The molecule has 0 spiro atoms. The van der Waals surface area contributed by atoms with Crippen molar-refractivity contribution in [3.8, 4) is 0 Å². The molecule has 0 radical (unpaired) electrons. The zero-order valence-electron chi connectivity index (χ0n) is 11.3. The zero-order chi connectivity index (χ0) is 15.6. The van der Waals surface area contributed by atoms with Crippen molar-refractivity contribution < 1.29 is 13.3 Å². The fourth-order valence-electron chi connectivity index (χ4n) is 1.70. The minimum Gasteiger partial charge on any atom is -0.378 e. The van der Waals surface area contributed by atoms with E-state index in [0.29, 0.717) is 0 Å². The third kappa shape index (κ3) is 4.95. The molecule has 0 saturated carbocycles. The van der Waals surface area contributed by atoms with E-state index in [2.05, 4.69) is 10.0 Å². The van der Waals surface area contributed by atoms with Crippen molar-refractivity contribution in [2.75, 3.05) is 18.1 Å². The molecule has 0 aliphatic carbocycles. The van der Waals surface area contributed by atoms with Crippen molar-refractivity contribution in [3.63, 3.8) is 0 Å². The van der Waals surface area contributed by atoms with E-state index in [1.807, 2.05) is 0 Å². The molecular formula is C11H16ClN3O4S. The van der Waals surface area contributed by atoms with Crippen LogP contribution >= 0.6 is 11.6 Å². The molecular weight excluding hydrogens is 306 g/mol. The molecule has 7 nitrogen and oxygen atoms in total. The molecule has 0 amide bonds. The van der Waals surface area contributed by atoms with E-state index >= 15 is 0 Å². The van der Waals surface area contributed by atoms with Crippen LogP contribution in [0.5, 0.6) is 0 Å². The third-order valence-electron chi connectivity index (χ3n) is 2.35. The second-order valence-electron chi connectivity index (χ2n) is 5.00. The van der Waals surface area contributed by atoms with Crippen LogP contribution in [0.4, 0.5) is 11.4 Å². The maximum absolute atomic E-state index is 11.2. The van der Waals surface area contributed by atoms with Crippen LogP contribution in [-0.4, -0.2) is 31.7 Å². The first-order chi connectivity index (χ1) is 9.02. The van der Waals surface area contributed by atoms with Crippen molar-refractivity contribution in [2.24, 2.45) is 0 Å². The Bertz CT molecular complexity index is 616. The van der Waals surface area contributed by atoms with Gasteiger partial charge in [0.1, 0.15) is 10.7 Å². The highest BCUT2D eigenvalue weighted by atomic mass is 35.5. The molecule has 0 fully saturated rings. The number of nitro groups is 1. The molecule has 0 aliphatic heterocycles. The third-order valence-corrected chi connectivity index (χ3v) is 3.58. The summed E-state index contributed by atoms with van der Waals surface area (Å²) in [5.41, 5.74) is -0.792. The number of sulfonamides is 1. The molecule has 0 atom stereocenters. The van der Waals surface area contributed by atoms with Crippen LogP contribution < -0.4 is 10.0 Å². The summed E-state index contributed by atoms with van der Waals surface area (Å²) in [5, 5.41) is 13.8. The lowest BCUT2D eigenvalue weighted by Crippen LogP contribution is -2.47. The Morgan fingerprint density at radius 2 is 2.00 bits per heavy atom. The number of hydrogen-bond acceptors (Lipinski definition) is 5. The fourth-order valence-corrected chi connectivity index (χ4v) is 3.02. The van der Waals surface area contributed by atoms with Crippen molar-refractivity contribution in [1.82, 2.24) is 4.72 Å². The van der Waals surface area contributed by atoms with Crippen LogP contribution in [0.15, 0.2) is 18.2 Å². The summed E-state index contributed by atoms with van der Waals surface area (Å²) in [7, 11) is -3.37. The van der Waals surface area contributed by atoms with E-state index in [0.717, 1.165) is 6.26 Å². The molecule has 1 rings (SSSR count). The van der Waals surface area contributed by atoms with Gasteiger partial charge in [0.15, 0.2) is 0 Å². The maximum atomic E-state index is 11.2. The second kappa shape index (κ2) is 5.94. The number of hydrogen-bond donors (Lipinski definition) is 2. The van der Waals surface area contributed by atoms with Crippen molar-refractivity contribution in [2.45, 2.75) is 19.4 Å². The molecule has 2 N–H and O–H groups in total. The Morgan fingerprint density at radius 1 is 1.40 bits per heavy atom. The molecule has 1 aromatic rings. The van der Waals surface area contributed by atoms with Crippen molar-refractivity contribution >= 4 is 33.0 Å². The summed E-state index contributed by atoms with van der Waals surface area (Å²) in [5.74, 6) is 0. The molecule has 0 bridgehead atoms. The second-order valence-corrected chi connectivity index (χ2v) is 7.16. The molecule has 112 valence electrons. The fraction of sp³-hybridized carbons (Fsp3) is 0.455. The monoisotopic (exact) mass is 321 g/mol. The van der Waals surface area contributed by atoms with Gasteiger partial charge in [-0.1, -0.05) is 17.7 Å². The average Bonchev–Trinajstić information content (AvgIpc) is 2.22. The number of nitrogens with zero attached hydrogens (tertiary/aromatic N) is 1. The Labute approximate surface area is 122 Å². The SMILES string of the molecule is CC(C)(CNc1cccc(Cl)c1[N+](=O)[O-])NS(C)(=O)=O. The van der Waals surface area contributed by atoms with E-state index in [4.69, 9.17) is 11.6 Å². The van der Waals surface area contributed by atoms with Crippen LogP contribution in [0, 0.1) is 10.1 Å². The largest absolute Gasteiger partial charge is 0.378 e. The van der Waals surface area contributed by atoms with Gasteiger partial charge in [0, 0.05) is 12.1 Å². The van der Waals surface area contributed by atoms with E-state index < -0.39 is 20.5 Å². The molecule has 0 heterocycles. The van der Waals surface area contributed by atoms with Crippen LogP contribution in [0.1, 0.15) is 13.8 Å². The highest BCUT2D eigenvalue weighted by Gasteiger charge is 2.24. The summed E-state index contributed by atoms with van der Waals surface area (Å²) in [6, 6.07) is 4.51. The summed E-state index contributed by atoms with van der Waals surface area (Å²) in [4.78, 5) is 10.4. The van der Waals surface area contributed by atoms with Crippen LogP contribution in [0.25, 0.3) is 0 Å². The zero-order valence-corrected chi connectivity index (χ0v) is 12.9. The smallest absolute Gasteiger partial charge is 0.310 e. The van der Waals surface area contributed by atoms with Gasteiger partial charge in [-0.2, -0.15) is 0 Å². The first-order valence-electron chi connectivity index (χ1n) is 5.67. The quantitative estimate of drug-likeness (QED) is 0.616. The Kier molecular flexibility index (Phi) is 4.95. The van der Waals surface area contributed by atoms with E-state index in [1.165, 1.54) is 12.1 Å². The number of nitrogens with one attached hydrogen (secondary N) is 2. The lowest BCUT2D eigenvalue weighted by molar-refractivity contribution is -0.383. The molecule has 1 aromatic carbocycles. The average molecular weight is 322 g/mol. The number of rotatable bonds is 6. The van der Waals surface area contributed by atoms with E-state index in [-0.39, 0.29) is 22.9 Å². The number of anilines is 1. The molecule has 0 aliphatic rings. The molecule has 9 heteroatoms. The van der Waals surface area contributed by atoms with Crippen LogP contribution in [-0.2, 0) is 10.0 Å². The van der Waals surface area contributed by atoms with Gasteiger partial charge < -0.3 is 5.32 Å². The first-order valence-corrected chi connectivity index (χ1v) is 7.94. The van der Waals surface area contributed by atoms with Gasteiger partial charge in [-0.05, 0) is 26.0 Å². The summed E-state index contributed by atoms with van der Waals surface area (Å²) in [6.07, 6.45) is 1.05. The minimum atomic E-state index is -3.37. The summed E-state index contributed by atoms with van der Waals surface area (Å²) >= 11 is 5.79. The minimum absolute atomic E-state index is 0.0221. The van der Waals surface area contributed by atoms with Gasteiger partial charge in [-0.25, -0.2) is 13.1 Å². The lowest BCUT2D eigenvalue weighted by atomic mass is 10.1. The van der Waals surface area contributed by atoms with E-state index in [9.17, 15) is 18.5 Å². The topological polar surface area (TPSA) is 101 Å². The number of para-hydroxylation sites is 1. The van der Waals surface area contributed by atoms with Gasteiger partial charge in [0.25, 0.3) is 0 Å².